The highest BCUT2D eigenvalue weighted by Gasteiger charge is 2.48. The van der Waals surface area contributed by atoms with Crippen molar-refractivity contribution in [1.82, 2.24) is 0 Å². The fourth-order valence-corrected chi connectivity index (χ4v) is 3.54. The summed E-state index contributed by atoms with van der Waals surface area (Å²) in [5, 5.41) is 0. The molecular formula is C25H30O6. The minimum atomic E-state index is -0.724. The van der Waals surface area contributed by atoms with Gasteiger partial charge >= 0.3 is 5.97 Å². The van der Waals surface area contributed by atoms with E-state index in [9.17, 15) is 4.79 Å². The summed E-state index contributed by atoms with van der Waals surface area (Å²) in [5.41, 5.74) is 2.01. The molecular weight excluding hydrogens is 396 g/mol. The Kier molecular flexibility index (Phi) is 8.79. The Labute approximate surface area is 183 Å². The zero-order chi connectivity index (χ0) is 22.1. The number of carbonyl (C=O) groups is 1. The van der Waals surface area contributed by atoms with E-state index in [2.05, 4.69) is 6.58 Å². The van der Waals surface area contributed by atoms with Crippen molar-refractivity contribution < 1.29 is 28.5 Å². The quantitative estimate of drug-likeness (QED) is 0.422. The molecule has 0 N–H and O–H groups in total. The second-order valence-electron chi connectivity index (χ2n) is 7.43. The van der Waals surface area contributed by atoms with Crippen LogP contribution in [0.3, 0.4) is 0 Å². The van der Waals surface area contributed by atoms with Gasteiger partial charge in [0, 0.05) is 6.92 Å². The van der Waals surface area contributed by atoms with Crippen LogP contribution in [0.1, 0.15) is 25.0 Å². The van der Waals surface area contributed by atoms with E-state index in [4.69, 9.17) is 23.7 Å². The average Bonchev–Trinajstić information content (AvgIpc) is 2.77. The van der Waals surface area contributed by atoms with Crippen LogP contribution in [-0.2, 0) is 41.7 Å². The molecule has 0 amide bonds. The molecule has 0 radical (unpaired) electrons. The number of carbonyl (C=O) groups excluding carboxylic acids is 1. The summed E-state index contributed by atoms with van der Waals surface area (Å²) in [6.07, 6.45) is -1.34. The van der Waals surface area contributed by atoms with Crippen LogP contribution >= 0.6 is 0 Å². The van der Waals surface area contributed by atoms with Crippen LogP contribution in [0.25, 0.3) is 0 Å². The normalized spacial score (nSPS) is 25.7. The van der Waals surface area contributed by atoms with E-state index in [0.717, 1.165) is 11.1 Å². The molecule has 0 aromatic heterocycles. The molecule has 0 aliphatic carbocycles. The van der Waals surface area contributed by atoms with Gasteiger partial charge < -0.3 is 23.7 Å². The van der Waals surface area contributed by atoms with E-state index in [-0.39, 0.29) is 12.7 Å². The minimum absolute atomic E-state index is 0.283. The lowest BCUT2D eigenvalue weighted by Gasteiger charge is -2.44. The second kappa shape index (κ2) is 11.8. The molecule has 0 unspecified atom stereocenters. The lowest BCUT2D eigenvalue weighted by atomic mass is 9.98. The first kappa shape index (κ1) is 23.2. The standard InChI is InChI=1S/C25H30O6/c1-4-15-27-25-24(29-17-21-13-9-6-10-14-21)23(31-19(3)26)22(18(2)30-25)28-16-20-11-7-5-8-12-20/h4-14,18,22-25H,1,15-17H2,2-3H3/t18-,22-,23+,24+,25+/m0/s1. The van der Waals surface area contributed by atoms with E-state index in [1.165, 1.54) is 6.92 Å². The van der Waals surface area contributed by atoms with Gasteiger partial charge in [0.15, 0.2) is 12.4 Å². The van der Waals surface area contributed by atoms with Crippen molar-refractivity contribution in [2.45, 2.75) is 57.8 Å². The summed E-state index contributed by atoms with van der Waals surface area (Å²) in [6.45, 7) is 7.92. The predicted molar refractivity (Wildman–Crippen MR) is 116 cm³/mol. The topological polar surface area (TPSA) is 63.2 Å². The van der Waals surface area contributed by atoms with E-state index < -0.39 is 30.6 Å². The molecule has 166 valence electrons. The Bertz CT molecular complexity index is 809. The Balaban J connectivity index is 1.80. The van der Waals surface area contributed by atoms with E-state index in [1.54, 1.807) is 6.08 Å². The van der Waals surface area contributed by atoms with Crippen LogP contribution in [0.4, 0.5) is 0 Å². The molecule has 6 heteroatoms. The molecule has 3 rings (SSSR count). The molecule has 1 heterocycles. The van der Waals surface area contributed by atoms with Crippen molar-refractivity contribution in [3.63, 3.8) is 0 Å². The average molecular weight is 427 g/mol. The lowest BCUT2D eigenvalue weighted by Crippen LogP contribution is -2.60. The second-order valence-corrected chi connectivity index (χ2v) is 7.43. The predicted octanol–water partition coefficient (Wildman–Crippen LogP) is 4.04. The smallest absolute Gasteiger partial charge is 0.303 e. The van der Waals surface area contributed by atoms with Crippen LogP contribution in [0.5, 0.6) is 0 Å². The van der Waals surface area contributed by atoms with Gasteiger partial charge in [-0.05, 0) is 18.1 Å². The van der Waals surface area contributed by atoms with Crippen molar-refractivity contribution in [2.75, 3.05) is 6.61 Å². The fourth-order valence-electron chi connectivity index (χ4n) is 3.54. The zero-order valence-electron chi connectivity index (χ0n) is 18.0. The summed E-state index contributed by atoms with van der Waals surface area (Å²) in [5.74, 6) is -0.414. The van der Waals surface area contributed by atoms with Crippen molar-refractivity contribution in [2.24, 2.45) is 0 Å². The third-order valence-electron chi connectivity index (χ3n) is 4.98. The summed E-state index contributed by atoms with van der Waals surface area (Å²) in [4.78, 5) is 11.9. The molecule has 1 aliphatic heterocycles. The SMILES string of the molecule is C=CCO[C@@H]1O[C@@H](C)[C@H](OCc2ccccc2)[C@@H](OC(C)=O)[C@H]1OCc1ccccc1. The molecule has 6 nitrogen and oxygen atoms in total. The van der Waals surface area contributed by atoms with Crippen LogP contribution in [-0.4, -0.2) is 43.3 Å². The first-order valence-corrected chi connectivity index (χ1v) is 10.4. The molecule has 0 spiro atoms. The highest BCUT2D eigenvalue weighted by molar-refractivity contribution is 5.66. The molecule has 5 atom stereocenters. The molecule has 2 aromatic carbocycles. The molecule has 2 aromatic rings. The van der Waals surface area contributed by atoms with Gasteiger partial charge in [0.1, 0.15) is 12.2 Å². The van der Waals surface area contributed by atoms with Gasteiger partial charge in [-0.2, -0.15) is 0 Å². The van der Waals surface area contributed by atoms with Crippen molar-refractivity contribution in [3.05, 3.63) is 84.4 Å². The summed E-state index contributed by atoms with van der Waals surface area (Å²) >= 11 is 0. The number of ether oxygens (including phenoxy) is 5. The Hall–Kier alpha value is -2.51. The first-order valence-electron chi connectivity index (χ1n) is 10.4. The number of rotatable bonds is 10. The van der Waals surface area contributed by atoms with E-state index >= 15 is 0 Å². The van der Waals surface area contributed by atoms with Gasteiger partial charge in [-0.25, -0.2) is 0 Å². The summed E-state index contributed by atoms with van der Waals surface area (Å²) in [6, 6.07) is 19.6. The summed E-state index contributed by atoms with van der Waals surface area (Å²) in [7, 11) is 0. The van der Waals surface area contributed by atoms with E-state index in [1.807, 2.05) is 67.6 Å². The van der Waals surface area contributed by atoms with Gasteiger partial charge in [-0.15, -0.1) is 6.58 Å². The lowest BCUT2D eigenvalue weighted by molar-refractivity contribution is -0.311. The number of esters is 1. The highest BCUT2D eigenvalue weighted by atomic mass is 16.7. The molecule has 1 saturated heterocycles. The molecule has 1 fully saturated rings. The van der Waals surface area contributed by atoms with Crippen LogP contribution in [0.15, 0.2) is 73.3 Å². The highest BCUT2D eigenvalue weighted by Crippen LogP contribution is 2.30. The number of hydrogen-bond acceptors (Lipinski definition) is 6. The molecule has 0 bridgehead atoms. The number of benzene rings is 2. The van der Waals surface area contributed by atoms with Crippen molar-refractivity contribution >= 4 is 5.97 Å². The van der Waals surface area contributed by atoms with Crippen LogP contribution in [0.2, 0.25) is 0 Å². The van der Waals surface area contributed by atoms with Crippen molar-refractivity contribution in [1.29, 1.82) is 0 Å². The summed E-state index contributed by atoms with van der Waals surface area (Å²) < 4.78 is 30.0. The van der Waals surface area contributed by atoms with Gasteiger partial charge in [0.25, 0.3) is 0 Å². The largest absolute Gasteiger partial charge is 0.457 e. The number of hydrogen-bond donors (Lipinski definition) is 0. The van der Waals surface area contributed by atoms with Gasteiger partial charge in [-0.3, -0.25) is 4.79 Å². The van der Waals surface area contributed by atoms with Crippen molar-refractivity contribution in [3.8, 4) is 0 Å². The maximum absolute atomic E-state index is 11.9. The van der Waals surface area contributed by atoms with Gasteiger partial charge in [0.2, 0.25) is 0 Å². The third-order valence-corrected chi connectivity index (χ3v) is 4.98. The first-order chi connectivity index (χ1) is 15.1. The van der Waals surface area contributed by atoms with Gasteiger partial charge in [-0.1, -0.05) is 66.7 Å². The zero-order valence-corrected chi connectivity index (χ0v) is 18.0. The fraction of sp³-hybridized carbons (Fsp3) is 0.400. The minimum Gasteiger partial charge on any atom is -0.457 e. The van der Waals surface area contributed by atoms with Crippen LogP contribution < -0.4 is 0 Å². The molecule has 1 aliphatic rings. The van der Waals surface area contributed by atoms with E-state index in [0.29, 0.717) is 13.2 Å². The maximum atomic E-state index is 11.9. The molecule has 0 saturated carbocycles. The Morgan fingerprint density at radius 3 is 1.97 bits per heavy atom. The van der Waals surface area contributed by atoms with Crippen LogP contribution in [0, 0.1) is 0 Å². The Morgan fingerprint density at radius 2 is 1.45 bits per heavy atom. The van der Waals surface area contributed by atoms with Gasteiger partial charge in [0.05, 0.1) is 25.9 Å². The maximum Gasteiger partial charge on any atom is 0.303 e. The Morgan fingerprint density at radius 1 is 0.903 bits per heavy atom. The molecule has 31 heavy (non-hydrogen) atoms. The third kappa shape index (κ3) is 6.74. The monoisotopic (exact) mass is 426 g/mol.